The number of halogens is 1. The number of nitrogens with zero attached hydrogens (tertiary/aromatic N) is 1. The molecule has 2 N–H and O–H groups in total. The average Bonchev–Trinajstić information content (AvgIpc) is 3.13. The molecule has 5 nitrogen and oxygen atoms in total. The first kappa shape index (κ1) is 18.2. The highest BCUT2D eigenvalue weighted by Gasteiger charge is 2.37. The smallest absolute Gasteiger partial charge is 0.242 e. The van der Waals surface area contributed by atoms with E-state index >= 15 is 0 Å². The van der Waals surface area contributed by atoms with Gasteiger partial charge in [-0.3, -0.25) is 9.59 Å². The minimum atomic E-state index is -0.243. The number of nitrogens with one attached hydrogen (secondary N) is 2. The van der Waals surface area contributed by atoms with Crippen LogP contribution >= 0.6 is 12.4 Å². The van der Waals surface area contributed by atoms with Crippen LogP contribution in [0.25, 0.3) is 0 Å². The highest BCUT2D eigenvalue weighted by molar-refractivity contribution is 5.89. The van der Waals surface area contributed by atoms with Crippen LogP contribution in [0.5, 0.6) is 0 Å². The molecule has 21 heavy (non-hydrogen) atoms. The molecule has 1 aliphatic carbocycles. The van der Waals surface area contributed by atoms with Gasteiger partial charge in [-0.05, 0) is 39.7 Å². The Labute approximate surface area is 133 Å². The first-order valence-corrected chi connectivity index (χ1v) is 7.89. The van der Waals surface area contributed by atoms with Gasteiger partial charge in [-0.25, -0.2) is 0 Å². The maximum absolute atomic E-state index is 12.5. The van der Waals surface area contributed by atoms with Crippen LogP contribution in [0.3, 0.4) is 0 Å². The normalized spacial score (nSPS) is 23.7. The van der Waals surface area contributed by atoms with Gasteiger partial charge in [0.2, 0.25) is 11.8 Å². The molecule has 1 saturated heterocycles. The third kappa shape index (κ3) is 4.58. The number of carbonyl (C=O) groups is 2. The molecular formula is C15H28ClN3O2. The van der Waals surface area contributed by atoms with Gasteiger partial charge in [-0.15, -0.1) is 12.4 Å². The monoisotopic (exact) mass is 317 g/mol. The Balaban J connectivity index is 0.00000220. The van der Waals surface area contributed by atoms with E-state index in [4.69, 9.17) is 0 Å². The lowest BCUT2D eigenvalue weighted by Gasteiger charge is -2.27. The fourth-order valence-electron chi connectivity index (χ4n) is 3.18. The fraction of sp³-hybridized carbons (Fsp3) is 0.867. The third-order valence-corrected chi connectivity index (χ3v) is 4.62. The number of hydrogen-bond acceptors (Lipinski definition) is 3. The SMILES string of the molecule is CNC(C)CNC(=O)C1CCCN1C(=O)C1CCCC1.Cl. The van der Waals surface area contributed by atoms with Crippen molar-refractivity contribution in [3.05, 3.63) is 0 Å². The number of rotatable bonds is 5. The van der Waals surface area contributed by atoms with Gasteiger partial charge < -0.3 is 15.5 Å². The molecule has 1 saturated carbocycles. The minimum absolute atomic E-state index is 0. The van der Waals surface area contributed by atoms with Crippen molar-refractivity contribution in [2.75, 3.05) is 20.1 Å². The Kier molecular flexibility index (Phi) is 7.46. The molecule has 2 unspecified atom stereocenters. The highest BCUT2D eigenvalue weighted by Crippen LogP contribution is 2.29. The van der Waals surface area contributed by atoms with E-state index in [0.717, 1.165) is 45.1 Å². The van der Waals surface area contributed by atoms with E-state index in [9.17, 15) is 9.59 Å². The molecule has 0 aromatic heterocycles. The van der Waals surface area contributed by atoms with Crippen molar-refractivity contribution in [1.29, 1.82) is 0 Å². The summed E-state index contributed by atoms with van der Waals surface area (Å²) in [4.78, 5) is 26.6. The lowest BCUT2D eigenvalue weighted by molar-refractivity contribution is -0.141. The van der Waals surface area contributed by atoms with E-state index in [1.807, 2.05) is 18.9 Å². The summed E-state index contributed by atoms with van der Waals surface area (Å²) in [5.41, 5.74) is 0. The van der Waals surface area contributed by atoms with E-state index in [2.05, 4.69) is 10.6 Å². The standard InChI is InChI=1S/C15H27N3O2.ClH/c1-11(16-2)10-17-14(19)13-8-5-9-18(13)15(20)12-6-3-4-7-12;/h11-13,16H,3-10H2,1-2H3,(H,17,19);1H. The molecule has 2 rings (SSSR count). The van der Waals surface area contributed by atoms with Gasteiger partial charge in [0, 0.05) is 25.0 Å². The largest absolute Gasteiger partial charge is 0.353 e. The zero-order chi connectivity index (χ0) is 14.5. The Hall–Kier alpha value is -0.810. The van der Waals surface area contributed by atoms with Gasteiger partial charge in [-0.1, -0.05) is 12.8 Å². The summed E-state index contributed by atoms with van der Waals surface area (Å²) in [6.45, 7) is 3.38. The van der Waals surface area contributed by atoms with Crippen molar-refractivity contribution >= 4 is 24.2 Å². The molecule has 122 valence electrons. The Bertz CT molecular complexity index is 359. The number of amides is 2. The van der Waals surface area contributed by atoms with E-state index in [1.165, 1.54) is 0 Å². The molecular weight excluding hydrogens is 290 g/mol. The first-order valence-electron chi connectivity index (χ1n) is 7.89. The molecule has 2 atom stereocenters. The van der Waals surface area contributed by atoms with Crippen LogP contribution in [-0.4, -0.2) is 48.9 Å². The van der Waals surface area contributed by atoms with Crippen LogP contribution < -0.4 is 10.6 Å². The summed E-state index contributed by atoms with van der Waals surface area (Å²) < 4.78 is 0. The van der Waals surface area contributed by atoms with Crippen LogP contribution in [0.15, 0.2) is 0 Å². The zero-order valence-corrected chi connectivity index (χ0v) is 13.9. The molecule has 0 spiro atoms. The second-order valence-corrected chi connectivity index (χ2v) is 6.11. The number of carbonyl (C=O) groups excluding carboxylic acids is 2. The van der Waals surface area contributed by atoms with Gasteiger partial charge in [0.15, 0.2) is 0 Å². The number of likely N-dealkylation sites (N-methyl/N-ethyl adjacent to an activating group) is 1. The maximum Gasteiger partial charge on any atom is 0.242 e. The van der Waals surface area contributed by atoms with Crippen molar-refractivity contribution in [2.24, 2.45) is 5.92 Å². The van der Waals surface area contributed by atoms with Crippen LogP contribution in [0.1, 0.15) is 45.4 Å². The Morgan fingerprint density at radius 3 is 2.48 bits per heavy atom. The summed E-state index contributed by atoms with van der Waals surface area (Å²) in [6.07, 6.45) is 6.05. The van der Waals surface area contributed by atoms with Crippen molar-refractivity contribution in [3.63, 3.8) is 0 Å². The molecule has 0 aromatic rings. The van der Waals surface area contributed by atoms with Crippen LogP contribution in [0.4, 0.5) is 0 Å². The molecule has 2 fully saturated rings. The minimum Gasteiger partial charge on any atom is -0.353 e. The predicted molar refractivity (Wildman–Crippen MR) is 85.5 cm³/mol. The Morgan fingerprint density at radius 2 is 1.86 bits per heavy atom. The van der Waals surface area contributed by atoms with Gasteiger partial charge in [0.05, 0.1) is 0 Å². The summed E-state index contributed by atoms with van der Waals surface area (Å²) in [5, 5.41) is 6.05. The van der Waals surface area contributed by atoms with Crippen molar-refractivity contribution < 1.29 is 9.59 Å². The van der Waals surface area contributed by atoms with E-state index in [1.54, 1.807) is 0 Å². The zero-order valence-electron chi connectivity index (χ0n) is 13.1. The first-order chi connectivity index (χ1) is 9.63. The second kappa shape index (κ2) is 8.59. The molecule has 0 radical (unpaired) electrons. The molecule has 2 aliphatic rings. The second-order valence-electron chi connectivity index (χ2n) is 6.11. The summed E-state index contributed by atoms with van der Waals surface area (Å²) in [6, 6.07) is 0.00601. The maximum atomic E-state index is 12.5. The number of hydrogen-bond donors (Lipinski definition) is 2. The third-order valence-electron chi connectivity index (χ3n) is 4.62. The molecule has 1 heterocycles. The topological polar surface area (TPSA) is 61.4 Å². The van der Waals surface area contributed by atoms with Crippen molar-refractivity contribution in [2.45, 2.75) is 57.5 Å². The van der Waals surface area contributed by atoms with Gasteiger partial charge in [-0.2, -0.15) is 0 Å². The molecule has 6 heteroatoms. The van der Waals surface area contributed by atoms with E-state index < -0.39 is 0 Å². The van der Waals surface area contributed by atoms with E-state index in [0.29, 0.717) is 6.54 Å². The van der Waals surface area contributed by atoms with Crippen LogP contribution in [0, 0.1) is 5.92 Å². The highest BCUT2D eigenvalue weighted by atomic mass is 35.5. The quantitative estimate of drug-likeness (QED) is 0.804. The van der Waals surface area contributed by atoms with Gasteiger partial charge in [0.1, 0.15) is 6.04 Å². The summed E-state index contributed by atoms with van der Waals surface area (Å²) in [7, 11) is 1.88. The predicted octanol–water partition coefficient (Wildman–Crippen LogP) is 1.31. The molecule has 0 bridgehead atoms. The summed E-state index contributed by atoms with van der Waals surface area (Å²) in [5.74, 6) is 0.386. The average molecular weight is 318 g/mol. The molecule has 0 aromatic carbocycles. The lowest BCUT2D eigenvalue weighted by atomic mass is 10.1. The molecule has 1 aliphatic heterocycles. The van der Waals surface area contributed by atoms with Crippen LogP contribution in [0.2, 0.25) is 0 Å². The van der Waals surface area contributed by atoms with E-state index in [-0.39, 0.29) is 42.2 Å². The lowest BCUT2D eigenvalue weighted by Crippen LogP contribution is -2.49. The van der Waals surface area contributed by atoms with Gasteiger partial charge in [0.25, 0.3) is 0 Å². The fourth-order valence-corrected chi connectivity index (χ4v) is 3.18. The van der Waals surface area contributed by atoms with Crippen molar-refractivity contribution in [1.82, 2.24) is 15.5 Å². The van der Waals surface area contributed by atoms with Gasteiger partial charge >= 0.3 is 0 Å². The molecule has 2 amide bonds. The Morgan fingerprint density at radius 1 is 1.19 bits per heavy atom. The van der Waals surface area contributed by atoms with Crippen molar-refractivity contribution in [3.8, 4) is 0 Å². The summed E-state index contributed by atoms with van der Waals surface area (Å²) >= 11 is 0. The van der Waals surface area contributed by atoms with Crippen LogP contribution in [-0.2, 0) is 9.59 Å². The number of likely N-dealkylation sites (tertiary alicyclic amines) is 1.